The van der Waals surface area contributed by atoms with Gasteiger partial charge in [-0.15, -0.1) is 0 Å². The number of rotatable bonds is 4. The first-order valence-electron chi connectivity index (χ1n) is 8.66. The Balaban J connectivity index is 1.87. The Bertz CT molecular complexity index is 698. The molecule has 0 spiro atoms. The van der Waals surface area contributed by atoms with Crippen LogP contribution in [0.3, 0.4) is 0 Å². The predicted molar refractivity (Wildman–Crippen MR) is 100 cm³/mol. The van der Waals surface area contributed by atoms with Crippen molar-refractivity contribution in [1.82, 2.24) is 5.32 Å². The largest absolute Gasteiger partial charge is 0.399 e. The normalized spacial score (nSPS) is 15.9. The number of nitrogens with one attached hydrogen (secondary N) is 1. The van der Waals surface area contributed by atoms with E-state index in [4.69, 9.17) is 5.73 Å². The lowest BCUT2D eigenvalue weighted by Crippen LogP contribution is -2.36. The maximum Gasteiger partial charge on any atom is 0.252 e. The molecule has 0 unspecified atom stereocenters. The van der Waals surface area contributed by atoms with Crippen LogP contribution >= 0.6 is 0 Å². The Kier molecular flexibility index (Phi) is 5.32. The Labute approximate surface area is 143 Å². The van der Waals surface area contributed by atoms with Gasteiger partial charge in [0.1, 0.15) is 0 Å². The molecule has 3 heteroatoms. The molecule has 3 nitrogen and oxygen atoms in total. The van der Waals surface area contributed by atoms with Gasteiger partial charge in [0.25, 0.3) is 5.91 Å². The fourth-order valence-corrected chi connectivity index (χ4v) is 3.17. The average molecular weight is 320 g/mol. The molecule has 0 aromatic heterocycles. The predicted octanol–water partition coefficient (Wildman–Crippen LogP) is 4.26. The first kappa shape index (κ1) is 16.3. The van der Waals surface area contributed by atoms with Crippen molar-refractivity contribution >= 4 is 23.2 Å². The maximum atomic E-state index is 12.9. The van der Waals surface area contributed by atoms with E-state index in [9.17, 15) is 4.79 Å². The van der Waals surface area contributed by atoms with Crippen LogP contribution in [-0.2, 0) is 4.79 Å². The topological polar surface area (TPSA) is 55.1 Å². The van der Waals surface area contributed by atoms with Gasteiger partial charge in [-0.25, -0.2) is 0 Å². The molecular formula is C21H24N2O. The summed E-state index contributed by atoms with van der Waals surface area (Å²) in [7, 11) is 0. The molecule has 2 aromatic carbocycles. The molecular weight excluding hydrogens is 296 g/mol. The van der Waals surface area contributed by atoms with E-state index >= 15 is 0 Å². The van der Waals surface area contributed by atoms with E-state index in [1.165, 1.54) is 19.3 Å². The first-order chi connectivity index (χ1) is 11.7. The second-order valence-electron chi connectivity index (χ2n) is 6.40. The van der Waals surface area contributed by atoms with Crippen LogP contribution in [0.5, 0.6) is 0 Å². The second-order valence-corrected chi connectivity index (χ2v) is 6.40. The number of carbonyl (C=O) groups is 1. The van der Waals surface area contributed by atoms with E-state index in [1.807, 2.05) is 60.7 Å². The molecule has 0 heterocycles. The van der Waals surface area contributed by atoms with Crippen molar-refractivity contribution in [2.75, 3.05) is 5.73 Å². The fourth-order valence-electron chi connectivity index (χ4n) is 3.17. The summed E-state index contributed by atoms with van der Waals surface area (Å²) >= 11 is 0. The van der Waals surface area contributed by atoms with Crippen LogP contribution in [0.15, 0.2) is 54.6 Å². The van der Waals surface area contributed by atoms with Gasteiger partial charge >= 0.3 is 0 Å². The van der Waals surface area contributed by atoms with Crippen molar-refractivity contribution in [3.05, 3.63) is 65.7 Å². The zero-order chi connectivity index (χ0) is 16.8. The van der Waals surface area contributed by atoms with E-state index in [1.54, 1.807) is 0 Å². The Morgan fingerprint density at radius 3 is 2.29 bits per heavy atom. The Morgan fingerprint density at radius 1 is 0.958 bits per heavy atom. The zero-order valence-corrected chi connectivity index (χ0v) is 13.9. The monoisotopic (exact) mass is 320 g/mol. The summed E-state index contributed by atoms with van der Waals surface area (Å²) in [6.45, 7) is 0. The molecule has 0 aliphatic heterocycles. The highest BCUT2D eigenvalue weighted by Gasteiger charge is 2.19. The molecule has 1 fully saturated rings. The number of benzene rings is 2. The van der Waals surface area contributed by atoms with Crippen LogP contribution in [0, 0.1) is 0 Å². The van der Waals surface area contributed by atoms with E-state index in [2.05, 4.69) is 5.32 Å². The summed E-state index contributed by atoms with van der Waals surface area (Å²) in [6.07, 6.45) is 7.78. The number of nitrogens with two attached hydrogens (primary N) is 1. The number of hydrogen-bond donors (Lipinski definition) is 2. The van der Waals surface area contributed by atoms with Crippen molar-refractivity contribution < 1.29 is 4.79 Å². The van der Waals surface area contributed by atoms with Crippen LogP contribution in [-0.4, -0.2) is 11.9 Å². The van der Waals surface area contributed by atoms with Gasteiger partial charge in [-0.2, -0.15) is 0 Å². The summed E-state index contributed by atoms with van der Waals surface area (Å²) in [5.74, 6) is 0.00456. The van der Waals surface area contributed by atoms with Gasteiger partial charge in [0, 0.05) is 17.3 Å². The molecule has 0 radical (unpaired) electrons. The van der Waals surface area contributed by atoms with Gasteiger partial charge in [0.05, 0.1) is 0 Å². The summed E-state index contributed by atoms with van der Waals surface area (Å²) < 4.78 is 0. The van der Waals surface area contributed by atoms with Crippen LogP contribution in [0.25, 0.3) is 11.6 Å². The third-order valence-corrected chi connectivity index (χ3v) is 4.52. The van der Waals surface area contributed by atoms with Crippen LogP contribution < -0.4 is 11.1 Å². The highest BCUT2D eigenvalue weighted by molar-refractivity contribution is 6.24. The molecule has 0 bridgehead atoms. The summed E-state index contributed by atoms with van der Waals surface area (Å²) in [5.41, 5.74) is 9.08. The number of hydrogen-bond acceptors (Lipinski definition) is 2. The zero-order valence-electron chi connectivity index (χ0n) is 13.9. The first-order valence-corrected chi connectivity index (χ1v) is 8.66. The second kappa shape index (κ2) is 7.82. The SMILES string of the molecule is Nc1ccc(C=C(C(=O)NC2CCCCC2)c2ccccc2)cc1. The highest BCUT2D eigenvalue weighted by atomic mass is 16.1. The van der Waals surface area contributed by atoms with E-state index in [0.717, 1.165) is 29.7 Å². The molecule has 0 atom stereocenters. The van der Waals surface area contributed by atoms with Gasteiger partial charge in [-0.05, 0) is 42.2 Å². The van der Waals surface area contributed by atoms with E-state index in [-0.39, 0.29) is 5.91 Å². The number of nitrogen functional groups attached to an aromatic ring is 1. The lowest BCUT2D eigenvalue weighted by atomic mass is 9.94. The molecule has 2 aromatic rings. The van der Waals surface area contributed by atoms with Crippen molar-refractivity contribution in [2.45, 2.75) is 38.1 Å². The average Bonchev–Trinajstić information content (AvgIpc) is 2.63. The Hall–Kier alpha value is -2.55. The van der Waals surface area contributed by atoms with Gasteiger partial charge in [-0.1, -0.05) is 61.7 Å². The van der Waals surface area contributed by atoms with Crippen molar-refractivity contribution in [2.24, 2.45) is 0 Å². The smallest absolute Gasteiger partial charge is 0.252 e. The fraction of sp³-hybridized carbons (Fsp3) is 0.286. The molecule has 1 amide bonds. The molecule has 0 saturated heterocycles. The van der Waals surface area contributed by atoms with Crippen LogP contribution in [0.1, 0.15) is 43.2 Å². The molecule has 3 rings (SSSR count). The maximum absolute atomic E-state index is 12.9. The molecule has 1 saturated carbocycles. The van der Waals surface area contributed by atoms with Gasteiger partial charge in [-0.3, -0.25) is 4.79 Å². The van der Waals surface area contributed by atoms with Crippen molar-refractivity contribution in [1.29, 1.82) is 0 Å². The number of carbonyl (C=O) groups excluding carboxylic acids is 1. The molecule has 1 aliphatic carbocycles. The molecule has 24 heavy (non-hydrogen) atoms. The molecule has 3 N–H and O–H groups in total. The van der Waals surface area contributed by atoms with Crippen LogP contribution in [0.2, 0.25) is 0 Å². The number of anilines is 1. The quantitative estimate of drug-likeness (QED) is 0.502. The minimum Gasteiger partial charge on any atom is -0.399 e. The van der Waals surface area contributed by atoms with Gasteiger partial charge in [0.15, 0.2) is 0 Å². The summed E-state index contributed by atoms with van der Waals surface area (Å²) in [6, 6.07) is 17.7. The standard InChI is InChI=1S/C21H24N2O/c22-18-13-11-16(12-14-18)15-20(17-7-3-1-4-8-17)21(24)23-19-9-5-2-6-10-19/h1,3-4,7-8,11-15,19H,2,5-6,9-10,22H2,(H,23,24). The van der Waals surface area contributed by atoms with Crippen molar-refractivity contribution in [3.8, 4) is 0 Å². The van der Waals surface area contributed by atoms with Crippen LogP contribution in [0.4, 0.5) is 5.69 Å². The van der Waals surface area contributed by atoms with E-state index in [0.29, 0.717) is 11.6 Å². The lowest BCUT2D eigenvalue weighted by Gasteiger charge is -2.23. The third-order valence-electron chi connectivity index (χ3n) is 4.52. The molecule has 1 aliphatic rings. The molecule has 124 valence electrons. The summed E-state index contributed by atoms with van der Waals surface area (Å²) in [5, 5.41) is 3.22. The summed E-state index contributed by atoms with van der Waals surface area (Å²) in [4.78, 5) is 12.9. The minimum atomic E-state index is 0.00456. The Morgan fingerprint density at radius 2 is 1.62 bits per heavy atom. The minimum absolute atomic E-state index is 0.00456. The third kappa shape index (κ3) is 4.25. The highest BCUT2D eigenvalue weighted by Crippen LogP contribution is 2.22. The number of amides is 1. The van der Waals surface area contributed by atoms with Crippen molar-refractivity contribution in [3.63, 3.8) is 0 Å². The lowest BCUT2D eigenvalue weighted by molar-refractivity contribution is -0.116. The van der Waals surface area contributed by atoms with Gasteiger partial charge in [0.2, 0.25) is 0 Å². The van der Waals surface area contributed by atoms with Gasteiger partial charge < -0.3 is 11.1 Å². The van der Waals surface area contributed by atoms with E-state index < -0.39 is 0 Å².